The molecule has 0 aromatic rings. The molecule has 0 aliphatic heterocycles. The van der Waals surface area contributed by atoms with E-state index in [1.165, 1.54) is 148 Å². The smallest absolute Gasteiger partial charge is 0.472 e. The van der Waals surface area contributed by atoms with E-state index in [-0.39, 0.29) is 12.8 Å². The minimum atomic E-state index is -4.75. The van der Waals surface area contributed by atoms with Crippen LogP contribution in [0.2, 0.25) is 0 Å². The van der Waals surface area contributed by atoms with E-state index in [1.807, 2.05) is 0 Å². The number of phosphoric acid groups is 1. The lowest BCUT2D eigenvalue weighted by Gasteiger charge is -2.18. The molecule has 0 aliphatic rings. The maximum Gasteiger partial charge on any atom is 0.472 e. The molecule has 352 valence electrons. The largest absolute Gasteiger partial charge is 0.480 e. The summed E-state index contributed by atoms with van der Waals surface area (Å²) < 4.78 is 26.9. The fourth-order valence-electron chi connectivity index (χ4n) is 6.94. The van der Waals surface area contributed by atoms with Crippen LogP contribution in [0.5, 0.6) is 0 Å². The van der Waals surface area contributed by atoms with Gasteiger partial charge in [0.05, 0.1) is 13.2 Å². The van der Waals surface area contributed by atoms with Gasteiger partial charge >= 0.3 is 19.8 Å². The maximum absolute atomic E-state index is 12.3. The van der Waals surface area contributed by atoms with Gasteiger partial charge in [-0.2, -0.15) is 0 Å². The first-order valence-electron chi connectivity index (χ1n) is 24.4. The van der Waals surface area contributed by atoms with Crippen LogP contribution < -0.4 is 5.32 Å². The van der Waals surface area contributed by atoms with Gasteiger partial charge in [-0.3, -0.25) is 18.6 Å². The number of phosphoric ester groups is 1. The van der Waals surface area contributed by atoms with Crippen molar-refractivity contribution in [1.82, 2.24) is 5.32 Å². The number of unbranched alkanes of at least 4 members (excludes halogenated alkanes) is 28. The summed E-state index contributed by atoms with van der Waals surface area (Å²) in [6.07, 6.45) is 46.3. The summed E-state index contributed by atoms with van der Waals surface area (Å²) in [6, 6.07) is -1.54. The molecule has 0 fully saturated rings. The van der Waals surface area contributed by atoms with Crippen molar-refractivity contribution in [2.24, 2.45) is 0 Å². The van der Waals surface area contributed by atoms with Crippen molar-refractivity contribution in [1.29, 1.82) is 0 Å². The first-order chi connectivity index (χ1) is 29.1. The van der Waals surface area contributed by atoms with Crippen molar-refractivity contribution < 1.29 is 47.8 Å². The van der Waals surface area contributed by atoms with Crippen LogP contribution in [-0.4, -0.2) is 64.9 Å². The normalized spacial score (nSPS) is 13.8. The first kappa shape index (κ1) is 58.0. The van der Waals surface area contributed by atoms with Crippen LogP contribution in [0.1, 0.15) is 232 Å². The molecule has 0 radical (unpaired) electrons. The van der Waals surface area contributed by atoms with E-state index in [0.717, 1.165) is 44.9 Å². The van der Waals surface area contributed by atoms with Gasteiger partial charge in [0, 0.05) is 12.8 Å². The first-order valence-corrected chi connectivity index (χ1v) is 25.9. The Bertz CT molecular complexity index is 1120. The Kier molecular flexibility index (Phi) is 42.1. The van der Waals surface area contributed by atoms with E-state index in [1.54, 1.807) is 0 Å². The molecule has 3 unspecified atom stereocenters. The average Bonchev–Trinajstić information content (AvgIpc) is 3.22. The van der Waals surface area contributed by atoms with E-state index < -0.39 is 57.6 Å². The summed E-state index contributed by atoms with van der Waals surface area (Å²) in [5.74, 6) is -2.36. The fourth-order valence-corrected chi connectivity index (χ4v) is 7.71. The van der Waals surface area contributed by atoms with Crippen LogP contribution in [-0.2, 0) is 32.7 Å². The van der Waals surface area contributed by atoms with E-state index in [9.17, 15) is 34.1 Å². The Morgan fingerprint density at radius 3 is 1.38 bits per heavy atom. The van der Waals surface area contributed by atoms with E-state index in [4.69, 9.17) is 13.8 Å². The van der Waals surface area contributed by atoms with Crippen molar-refractivity contribution in [3.63, 3.8) is 0 Å². The number of carboxylic acid groups (broad SMARTS) is 1. The summed E-state index contributed by atoms with van der Waals surface area (Å²) in [7, 11) is -4.75. The van der Waals surface area contributed by atoms with Crippen LogP contribution in [0.3, 0.4) is 0 Å². The van der Waals surface area contributed by atoms with Crippen LogP contribution in [0.4, 0.5) is 0 Å². The Morgan fingerprint density at radius 2 is 0.917 bits per heavy atom. The Labute approximate surface area is 366 Å². The number of ether oxygens (including phenoxy) is 1. The van der Waals surface area contributed by atoms with Gasteiger partial charge in [-0.1, -0.05) is 199 Å². The number of carbonyl (C=O) groups is 3. The van der Waals surface area contributed by atoms with Crippen LogP contribution in [0.15, 0.2) is 24.3 Å². The number of nitrogens with one attached hydrogen (secondary N) is 1. The Hall–Kier alpha value is -2.04. The summed E-state index contributed by atoms with van der Waals surface area (Å²) in [5, 5.41) is 21.9. The maximum atomic E-state index is 12.3. The number of hydrogen-bond donors (Lipinski definition) is 4. The molecule has 4 N–H and O–H groups in total. The number of aliphatic hydroxyl groups excluding tert-OH is 1. The highest BCUT2D eigenvalue weighted by atomic mass is 31.2. The molecule has 0 aromatic carbocycles. The van der Waals surface area contributed by atoms with E-state index >= 15 is 0 Å². The second-order valence-electron chi connectivity index (χ2n) is 16.7. The lowest BCUT2D eigenvalue weighted by molar-refractivity contribution is -0.147. The predicted molar refractivity (Wildman–Crippen MR) is 245 cm³/mol. The minimum absolute atomic E-state index is 0.150. The number of aliphatic carboxylic acids is 1. The van der Waals surface area contributed by atoms with Gasteiger partial charge in [-0.25, -0.2) is 9.36 Å². The summed E-state index contributed by atoms with van der Waals surface area (Å²) in [5.41, 5.74) is 0. The van der Waals surface area contributed by atoms with E-state index in [2.05, 4.69) is 43.5 Å². The average molecular weight is 872 g/mol. The van der Waals surface area contributed by atoms with Gasteiger partial charge in [0.25, 0.3) is 0 Å². The highest BCUT2D eigenvalue weighted by Crippen LogP contribution is 2.43. The molecule has 0 saturated carbocycles. The summed E-state index contributed by atoms with van der Waals surface area (Å²) in [4.78, 5) is 46.0. The van der Waals surface area contributed by atoms with Gasteiger partial charge in [-0.15, -0.1) is 0 Å². The van der Waals surface area contributed by atoms with Gasteiger partial charge in [0.2, 0.25) is 5.91 Å². The van der Waals surface area contributed by atoms with Gasteiger partial charge in [-0.05, 0) is 44.9 Å². The van der Waals surface area contributed by atoms with Crippen molar-refractivity contribution in [3.8, 4) is 0 Å². The monoisotopic (exact) mass is 872 g/mol. The van der Waals surface area contributed by atoms with Crippen molar-refractivity contribution in [2.75, 3.05) is 19.8 Å². The molecule has 0 heterocycles. The standard InChI is InChI=1S/C48H90NO10P/c1-3-5-7-9-11-13-15-17-18-19-20-21-22-23-24-25-26-28-30-32-34-36-38-40-47(52)57-41-44(50)42-58-60(55,56)59-43-45(48(53)54)49-46(51)39-37-35-33-31-29-27-16-14-12-10-8-6-4-2/h11,13,17-18,44-45,50H,3-10,12,14-16,19-43H2,1-2H3,(H,49,51)(H,53,54)(H,55,56)/b13-11-,18-17-. The lowest BCUT2D eigenvalue weighted by atomic mass is 10.0. The van der Waals surface area contributed by atoms with Gasteiger partial charge in [0.15, 0.2) is 6.04 Å². The van der Waals surface area contributed by atoms with E-state index in [0.29, 0.717) is 12.8 Å². The van der Waals surface area contributed by atoms with Crippen LogP contribution in [0.25, 0.3) is 0 Å². The minimum Gasteiger partial charge on any atom is -0.480 e. The molecule has 3 atom stereocenters. The number of rotatable bonds is 46. The molecule has 0 rings (SSSR count). The number of aliphatic hydroxyl groups is 1. The molecule has 0 bridgehead atoms. The summed E-state index contributed by atoms with van der Waals surface area (Å²) in [6.45, 7) is 2.59. The SMILES string of the molecule is CCCCC/C=C\C/C=C\CCCCCCCCCCCCCCCC(=O)OCC(O)COP(=O)(O)OCC(NC(=O)CCCCCCCCCCCCCCC)C(=O)O. The number of allylic oxidation sites excluding steroid dienone is 4. The van der Waals surface area contributed by atoms with Crippen molar-refractivity contribution >= 4 is 25.7 Å². The topological polar surface area (TPSA) is 169 Å². The van der Waals surface area contributed by atoms with Crippen molar-refractivity contribution in [3.05, 3.63) is 24.3 Å². The zero-order valence-electron chi connectivity index (χ0n) is 38.3. The molecule has 0 saturated heterocycles. The van der Waals surface area contributed by atoms with Crippen LogP contribution in [0, 0.1) is 0 Å². The van der Waals surface area contributed by atoms with Gasteiger partial charge in [0.1, 0.15) is 12.7 Å². The second kappa shape index (κ2) is 43.6. The fraction of sp³-hybridized carbons (Fsp3) is 0.854. The molecule has 1 amide bonds. The molecular formula is C48H90NO10P. The highest BCUT2D eigenvalue weighted by molar-refractivity contribution is 7.47. The third-order valence-electron chi connectivity index (χ3n) is 10.7. The highest BCUT2D eigenvalue weighted by Gasteiger charge is 2.28. The quantitative estimate of drug-likeness (QED) is 0.0200. The predicted octanol–water partition coefficient (Wildman–Crippen LogP) is 13.0. The number of esters is 1. The zero-order valence-corrected chi connectivity index (χ0v) is 39.2. The molecule has 0 aromatic heterocycles. The number of carboxylic acids is 1. The number of amides is 1. The third kappa shape index (κ3) is 42.6. The van der Waals surface area contributed by atoms with Crippen LogP contribution >= 0.6 is 7.82 Å². The van der Waals surface area contributed by atoms with Gasteiger partial charge < -0.3 is 25.2 Å². The number of carbonyl (C=O) groups excluding carboxylic acids is 2. The zero-order chi connectivity index (χ0) is 44.2. The molecule has 60 heavy (non-hydrogen) atoms. The molecule has 12 heteroatoms. The number of hydrogen-bond acceptors (Lipinski definition) is 8. The Balaban J connectivity index is 3.78. The molecule has 0 aliphatic carbocycles. The van der Waals surface area contributed by atoms with Crippen molar-refractivity contribution in [2.45, 2.75) is 244 Å². The third-order valence-corrected chi connectivity index (χ3v) is 11.7. The summed E-state index contributed by atoms with van der Waals surface area (Å²) >= 11 is 0. The molecule has 11 nitrogen and oxygen atoms in total. The second-order valence-corrected chi connectivity index (χ2v) is 18.1. The Morgan fingerprint density at radius 1 is 0.533 bits per heavy atom. The molecule has 0 spiro atoms. The molecular weight excluding hydrogens is 781 g/mol. The lowest BCUT2D eigenvalue weighted by Crippen LogP contribution is -2.43.